The summed E-state index contributed by atoms with van der Waals surface area (Å²) in [5.41, 5.74) is 0.0740. The third kappa shape index (κ3) is 4.66. The number of pyridine rings is 2. The molecule has 0 fully saturated rings. The van der Waals surface area contributed by atoms with Gasteiger partial charge in [-0.3, -0.25) is 9.59 Å². The monoisotopic (exact) mass is 558 g/mol. The first-order chi connectivity index (χ1) is 11.1. The summed E-state index contributed by atoms with van der Waals surface area (Å²) in [6.07, 6.45) is 2.42. The standard InChI is InChI=1S/2C7H6INO3/c2*1-3-5(8)6(10)4(2-9-3)7(11)12/h2*2H,1H3,(H,9,10)(H,11,12). The zero-order valence-corrected chi connectivity index (χ0v) is 16.8. The van der Waals surface area contributed by atoms with Crippen molar-refractivity contribution >= 4 is 57.1 Å². The second-order valence-corrected chi connectivity index (χ2v) is 6.71. The van der Waals surface area contributed by atoms with Crippen molar-refractivity contribution in [2.24, 2.45) is 0 Å². The molecule has 0 bridgehead atoms. The molecule has 10 heteroatoms. The van der Waals surface area contributed by atoms with Crippen LogP contribution in [-0.2, 0) is 0 Å². The van der Waals surface area contributed by atoms with Gasteiger partial charge in [0.15, 0.2) is 0 Å². The normalized spacial score (nSPS) is 9.83. The summed E-state index contributed by atoms with van der Waals surface area (Å²) in [5.74, 6) is -2.40. The summed E-state index contributed by atoms with van der Waals surface area (Å²) in [6, 6.07) is 0. The highest BCUT2D eigenvalue weighted by Gasteiger charge is 2.12. The molecule has 0 atom stereocenters. The second-order valence-electron chi connectivity index (χ2n) is 4.55. The fourth-order valence-corrected chi connectivity index (χ4v) is 2.41. The lowest BCUT2D eigenvalue weighted by Crippen LogP contribution is -2.18. The van der Waals surface area contributed by atoms with Gasteiger partial charge in [-0.15, -0.1) is 0 Å². The van der Waals surface area contributed by atoms with Crippen LogP contribution in [0.5, 0.6) is 0 Å². The number of hydrogen-bond acceptors (Lipinski definition) is 4. The predicted molar refractivity (Wildman–Crippen MR) is 103 cm³/mol. The largest absolute Gasteiger partial charge is 0.477 e. The van der Waals surface area contributed by atoms with Crippen LogP contribution in [0.25, 0.3) is 0 Å². The first kappa shape index (κ1) is 20.3. The summed E-state index contributed by atoms with van der Waals surface area (Å²) >= 11 is 3.64. The third-order valence-electron chi connectivity index (χ3n) is 2.87. The summed E-state index contributed by atoms with van der Waals surface area (Å²) in [7, 11) is 0. The number of aromatic amines is 2. The summed E-state index contributed by atoms with van der Waals surface area (Å²) < 4.78 is 0.847. The number of carboxylic acids is 2. The molecule has 0 aliphatic carbocycles. The maximum atomic E-state index is 11.2. The van der Waals surface area contributed by atoms with Crippen LogP contribution in [0.4, 0.5) is 0 Å². The van der Waals surface area contributed by atoms with Gasteiger partial charge < -0.3 is 20.2 Å². The topological polar surface area (TPSA) is 140 Å². The quantitative estimate of drug-likeness (QED) is 0.416. The van der Waals surface area contributed by atoms with Gasteiger partial charge in [-0.1, -0.05) is 0 Å². The summed E-state index contributed by atoms with van der Waals surface area (Å²) in [6.45, 7) is 3.43. The van der Waals surface area contributed by atoms with Gasteiger partial charge in [0.05, 0.1) is 7.14 Å². The Morgan fingerprint density at radius 1 is 0.833 bits per heavy atom. The number of H-pyrrole nitrogens is 2. The molecule has 0 aromatic carbocycles. The highest BCUT2D eigenvalue weighted by atomic mass is 127. The Hall–Kier alpha value is -1.70. The van der Waals surface area contributed by atoms with E-state index in [2.05, 4.69) is 9.97 Å². The number of aromatic nitrogens is 2. The first-order valence-electron chi connectivity index (χ1n) is 6.30. The number of hydrogen-bond donors (Lipinski definition) is 4. The number of rotatable bonds is 2. The van der Waals surface area contributed by atoms with Gasteiger partial charge in [0.2, 0.25) is 10.9 Å². The maximum Gasteiger partial charge on any atom is 0.341 e. The number of halogens is 2. The molecule has 0 amide bonds. The zero-order valence-electron chi connectivity index (χ0n) is 12.4. The first-order valence-corrected chi connectivity index (χ1v) is 8.45. The van der Waals surface area contributed by atoms with Crippen LogP contribution in [-0.4, -0.2) is 32.1 Å². The lowest BCUT2D eigenvalue weighted by molar-refractivity contribution is 0.0684. The van der Waals surface area contributed by atoms with E-state index in [1.54, 1.807) is 13.8 Å². The Balaban J connectivity index is 0.000000240. The van der Waals surface area contributed by atoms with Crippen molar-refractivity contribution in [3.05, 3.63) is 62.5 Å². The molecule has 8 nitrogen and oxygen atoms in total. The lowest BCUT2D eigenvalue weighted by atomic mass is 10.2. The third-order valence-corrected chi connectivity index (χ3v) is 5.47. The van der Waals surface area contributed by atoms with Gasteiger partial charge in [0, 0.05) is 23.8 Å². The molecule has 0 spiro atoms. The Kier molecular flexibility index (Phi) is 7.13. The molecule has 2 heterocycles. The molecule has 24 heavy (non-hydrogen) atoms. The maximum absolute atomic E-state index is 11.2. The van der Waals surface area contributed by atoms with E-state index in [9.17, 15) is 19.2 Å². The fraction of sp³-hybridized carbons (Fsp3) is 0.143. The Labute approximate surface area is 162 Å². The summed E-state index contributed by atoms with van der Waals surface area (Å²) in [5, 5.41) is 17.1. The molecule has 0 aliphatic rings. The Bertz CT molecular complexity index is 841. The van der Waals surface area contributed by atoms with Crippen LogP contribution in [0.15, 0.2) is 22.0 Å². The van der Waals surface area contributed by atoms with E-state index in [1.165, 1.54) is 12.4 Å². The van der Waals surface area contributed by atoms with Crippen molar-refractivity contribution in [2.75, 3.05) is 0 Å². The number of aryl methyl sites for hydroxylation is 2. The molecule has 2 rings (SSSR count). The second kappa shape index (κ2) is 8.41. The van der Waals surface area contributed by atoms with Gasteiger partial charge in [-0.05, 0) is 59.0 Å². The fourth-order valence-electron chi connectivity index (χ4n) is 1.51. The predicted octanol–water partition coefficient (Wildman–Crippen LogP) is 1.97. The van der Waals surface area contributed by atoms with Crippen molar-refractivity contribution in [3.63, 3.8) is 0 Å². The molecular formula is C14H12I2N2O6. The van der Waals surface area contributed by atoms with Gasteiger partial charge in [-0.2, -0.15) is 0 Å². The van der Waals surface area contributed by atoms with E-state index in [4.69, 9.17) is 10.2 Å². The van der Waals surface area contributed by atoms with Crippen molar-refractivity contribution < 1.29 is 19.8 Å². The highest BCUT2D eigenvalue weighted by Crippen LogP contribution is 2.04. The van der Waals surface area contributed by atoms with E-state index in [-0.39, 0.29) is 11.1 Å². The number of aromatic carboxylic acids is 2. The molecule has 0 saturated heterocycles. The average Bonchev–Trinajstić information content (AvgIpc) is 2.50. The molecule has 0 aliphatic heterocycles. The van der Waals surface area contributed by atoms with Gasteiger partial charge in [0.25, 0.3) is 0 Å². The molecule has 0 saturated carbocycles. The molecule has 128 valence electrons. The minimum absolute atomic E-state index is 0.218. The number of carboxylic acid groups (broad SMARTS) is 2. The highest BCUT2D eigenvalue weighted by molar-refractivity contribution is 14.1. The molecule has 2 aromatic heterocycles. The van der Waals surface area contributed by atoms with Gasteiger partial charge >= 0.3 is 11.9 Å². The van der Waals surface area contributed by atoms with E-state index in [0.29, 0.717) is 18.5 Å². The van der Waals surface area contributed by atoms with Crippen molar-refractivity contribution in [3.8, 4) is 0 Å². The van der Waals surface area contributed by atoms with E-state index < -0.39 is 22.8 Å². The van der Waals surface area contributed by atoms with Crippen LogP contribution >= 0.6 is 45.2 Å². The minimum Gasteiger partial charge on any atom is -0.477 e. The minimum atomic E-state index is -1.20. The molecular weight excluding hydrogens is 546 g/mol. The SMILES string of the molecule is Cc1[nH]cc(C(=O)O)c(=O)c1I.Cc1[nH]cc(C(=O)O)c(=O)c1I. The zero-order chi connectivity index (χ0) is 18.6. The van der Waals surface area contributed by atoms with Crippen LogP contribution in [0.3, 0.4) is 0 Å². The van der Waals surface area contributed by atoms with Crippen molar-refractivity contribution in [1.82, 2.24) is 9.97 Å². The van der Waals surface area contributed by atoms with Crippen LogP contribution in [0.2, 0.25) is 0 Å². The van der Waals surface area contributed by atoms with Crippen LogP contribution in [0.1, 0.15) is 32.1 Å². The number of carbonyl (C=O) groups is 2. The Morgan fingerprint density at radius 3 is 1.38 bits per heavy atom. The molecule has 0 unspecified atom stereocenters. The Morgan fingerprint density at radius 2 is 1.12 bits per heavy atom. The molecule has 0 radical (unpaired) electrons. The van der Waals surface area contributed by atoms with Crippen molar-refractivity contribution in [2.45, 2.75) is 13.8 Å². The van der Waals surface area contributed by atoms with E-state index >= 15 is 0 Å². The van der Waals surface area contributed by atoms with Gasteiger partial charge in [-0.25, -0.2) is 9.59 Å². The van der Waals surface area contributed by atoms with Crippen LogP contribution < -0.4 is 10.9 Å². The van der Waals surface area contributed by atoms with Crippen molar-refractivity contribution in [1.29, 1.82) is 0 Å². The van der Waals surface area contributed by atoms with Gasteiger partial charge in [0.1, 0.15) is 11.1 Å². The summed E-state index contributed by atoms with van der Waals surface area (Å²) in [4.78, 5) is 48.8. The molecule has 2 aromatic rings. The lowest BCUT2D eigenvalue weighted by Gasteiger charge is -1.98. The average molecular weight is 558 g/mol. The smallest absolute Gasteiger partial charge is 0.341 e. The number of nitrogens with one attached hydrogen (secondary N) is 2. The molecule has 4 N–H and O–H groups in total. The van der Waals surface area contributed by atoms with E-state index in [1.807, 2.05) is 45.2 Å². The van der Waals surface area contributed by atoms with Crippen LogP contribution in [0, 0.1) is 21.0 Å². The van der Waals surface area contributed by atoms with E-state index in [0.717, 1.165) is 0 Å².